The molecule has 0 radical (unpaired) electrons. The van der Waals surface area contributed by atoms with Gasteiger partial charge in [0, 0.05) is 48.0 Å². The average molecular weight is 422 g/mol. The number of β-amino-alcohol motifs (C(OH)–C–C–N with tert-alkyl or cyclic N) is 1. The molecule has 32 heavy (non-hydrogen) atoms. The van der Waals surface area contributed by atoms with Crippen molar-refractivity contribution < 1.29 is 15.0 Å². The summed E-state index contributed by atoms with van der Waals surface area (Å²) in [5.74, 6) is 5.39. The van der Waals surface area contributed by atoms with Crippen molar-refractivity contribution in [2.24, 2.45) is 0 Å². The lowest BCUT2D eigenvalue weighted by Crippen LogP contribution is -2.49. The molecule has 4 aromatic rings. The summed E-state index contributed by atoms with van der Waals surface area (Å²) in [5, 5.41) is 20.3. The van der Waals surface area contributed by atoms with Crippen molar-refractivity contribution in [3.05, 3.63) is 95.2 Å². The minimum atomic E-state index is -0.976. The number of aliphatic hydroxyl groups excluding tert-OH is 1. The van der Waals surface area contributed by atoms with Gasteiger partial charge >= 0.3 is 5.97 Å². The summed E-state index contributed by atoms with van der Waals surface area (Å²) in [6, 6.07) is 21.1. The van der Waals surface area contributed by atoms with Crippen molar-refractivity contribution in [2.75, 3.05) is 13.1 Å². The number of aromatic amines is 1. The van der Waals surface area contributed by atoms with Gasteiger partial charge in [0.15, 0.2) is 0 Å². The molecule has 0 saturated carbocycles. The fourth-order valence-corrected chi connectivity index (χ4v) is 4.11. The molecule has 0 atom stereocenters. The van der Waals surface area contributed by atoms with E-state index in [2.05, 4.69) is 21.7 Å². The topological polar surface area (TPSA) is 76.6 Å². The summed E-state index contributed by atoms with van der Waals surface area (Å²) < 4.78 is 0. The van der Waals surface area contributed by atoms with Gasteiger partial charge in [-0.05, 0) is 52.9 Å². The van der Waals surface area contributed by atoms with Crippen molar-refractivity contribution in [3.8, 4) is 23.0 Å². The number of hydrogen-bond acceptors (Lipinski definition) is 3. The van der Waals surface area contributed by atoms with Gasteiger partial charge in [-0.3, -0.25) is 4.90 Å². The van der Waals surface area contributed by atoms with E-state index >= 15 is 0 Å². The fraction of sp³-hybridized carbons (Fsp3) is 0.148. The van der Waals surface area contributed by atoms with E-state index in [4.69, 9.17) is 0 Å². The van der Waals surface area contributed by atoms with E-state index in [1.54, 1.807) is 12.1 Å². The molecule has 5 heteroatoms. The molecule has 1 saturated heterocycles. The van der Waals surface area contributed by atoms with Crippen LogP contribution in [0.2, 0.25) is 0 Å². The van der Waals surface area contributed by atoms with Gasteiger partial charge in [-0.25, -0.2) is 4.79 Å². The number of nitrogens with zero attached hydrogens (tertiary/aromatic N) is 1. The third-order valence-electron chi connectivity index (χ3n) is 5.78. The second kappa shape index (κ2) is 8.35. The van der Waals surface area contributed by atoms with Crippen molar-refractivity contribution in [3.63, 3.8) is 0 Å². The number of rotatable bonds is 4. The highest BCUT2D eigenvalue weighted by Gasteiger charge is 2.23. The molecular weight excluding hydrogens is 400 g/mol. The lowest BCUT2D eigenvalue weighted by Gasteiger charge is -2.35. The molecule has 5 rings (SSSR count). The van der Waals surface area contributed by atoms with E-state index < -0.39 is 5.97 Å². The number of likely N-dealkylation sites (tertiary alicyclic amines) is 1. The highest BCUT2D eigenvalue weighted by atomic mass is 16.4. The standard InChI is InChI=1S/C27H22N2O3/c30-23-16-29(17-23)15-19-6-4-18(5-7-19)8-9-21-2-1-3-24(27(31)32)26(21)22-11-10-20-12-13-28-25(20)14-22/h1-7,10-14,23,28,30H,15-17H2,(H,31,32). The minimum Gasteiger partial charge on any atom is -0.478 e. The number of carboxylic acids is 1. The van der Waals surface area contributed by atoms with Gasteiger partial charge < -0.3 is 15.2 Å². The summed E-state index contributed by atoms with van der Waals surface area (Å²) >= 11 is 0. The largest absolute Gasteiger partial charge is 0.478 e. The molecule has 0 aliphatic carbocycles. The lowest BCUT2D eigenvalue weighted by molar-refractivity contribution is -0.00286. The van der Waals surface area contributed by atoms with Crippen LogP contribution in [0, 0.1) is 11.8 Å². The third kappa shape index (κ3) is 4.02. The molecule has 0 spiro atoms. The van der Waals surface area contributed by atoms with Crippen LogP contribution in [0.5, 0.6) is 0 Å². The van der Waals surface area contributed by atoms with Gasteiger partial charge in [0.05, 0.1) is 11.7 Å². The summed E-state index contributed by atoms with van der Waals surface area (Å²) in [6.07, 6.45) is 1.67. The number of H-pyrrole nitrogens is 1. The molecule has 3 aromatic carbocycles. The van der Waals surface area contributed by atoms with Crippen LogP contribution in [0.15, 0.2) is 72.9 Å². The van der Waals surface area contributed by atoms with Crippen LogP contribution < -0.4 is 0 Å². The molecule has 1 aliphatic rings. The summed E-state index contributed by atoms with van der Waals surface area (Å²) in [6.45, 7) is 2.26. The van der Waals surface area contributed by atoms with Crippen LogP contribution in [-0.2, 0) is 6.54 Å². The number of nitrogens with one attached hydrogen (secondary N) is 1. The number of aliphatic hydroxyl groups is 1. The van der Waals surface area contributed by atoms with Gasteiger partial charge in [-0.2, -0.15) is 0 Å². The first-order valence-corrected chi connectivity index (χ1v) is 10.5. The smallest absolute Gasteiger partial charge is 0.336 e. The number of aromatic nitrogens is 1. The van der Waals surface area contributed by atoms with E-state index in [0.717, 1.165) is 41.7 Å². The van der Waals surface area contributed by atoms with Gasteiger partial charge in [0.1, 0.15) is 0 Å². The zero-order chi connectivity index (χ0) is 22.1. The molecule has 3 N–H and O–H groups in total. The first kappa shape index (κ1) is 20.1. The minimum absolute atomic E-state index is 0.200. The zero-order valence-corrected chi connectivity index (χ0v) is 17.4. The summed E-state index contributed by atoms with van der Waals surface area (Å²) in [5.41, 5.74) is 5.33. The van der Waals surface area contributed by atoms with Crippen LogP contribution in [0.1, 0.15) is 27.0 Å². The summed E-state index contributed by atoms with van der Waals surface area (Å²) in [4.78, 5) is 17.3. The molecule has 0 unspecified atom stereocenters. The van der Waals surface area contributed by atoms with Crippen LogP contribution in [0.3, 0.4) is 0 Å². The Kier molecular flexibility index (Phi) is 5.24. The van der Waals surface area contributed by atoms with E-state index in [0.29, 0.717) is 11.1 Å². The second-order valence-electron chi connectivity index (χ2n) is 8.11. The van der Waals surface area contributed by atoms with Gasteiger partial charge in [-0.15, -0.1) is 0 Å². The molecule has 0 amide bonds. The van der Waals surface area contributed by atoms with Crippen LogP contribution in [0.25, 0.3) is 22.0 Å². The van der Waals surface area contributed by atoms with E-state index in [1.807, 2.05) is 60.8 Å². The second-order valence-corrected chi connectivity index (χ2v) is 8.11. The Labute approximate surface area is 185 Å². The molecule has 2 heterocycles. The SMILES string of the molecule is O=C(O)c1cccc(C#Cc2ccc(CN3CC(O)C3)cc2)c1-c1ccc2cc[nH]c2c1. The number of aromatic carboxylic acids is 1. The van der Waals surface area contributed by atoms with Gasteiger partial charge in [0.25, 0.3) is 0 Å². The molecule has 1 aromatic heterocycles. The van der Waals surface area contributed by atoms with Crippen molar-refractivity contribution in [1.29, 1.82) is 0 Å². The monoisotopic (exact) mass is 422 g/mol. The van der Waals surface area contributed by atoms with Crippen molar-refractivity contribution in [2.45, 2.75) is 12.6 Å². The van der Waals surface area contributed by atoms with Crippen molar-refractivity contribution in [1.82, 2.24) is 9.88 Å². The quantitative estimate of drug-likeness (QED) is 0.433. The Morgan fingerprint density at radius 2 is 1.84 bits per heavy atom. The average Bonchev–Trinajstić information content (AvgIpc) is 3.25. The Morgan fingerprint density at radius 1 is 1.03 bits per heavy atom. The predicted molar refractivity (Wildman–Crippen MR) is 124 cm³/mol. The normalized spacial score (nSPS) is 14.0. The Bertz CT molecular complexity index is 1350. The molecule has 1 fully saturated rings. The van der Waals surface area contributed by atoms with E-state index in [-0.39, 0.29) is 11.7 Å². The van der Waals surface area contributed by atoms with E-state index in [9.17, 15) is 15.0 Å². The van der Waals surface area contributed by atoms with Crippen LogP contribution >= 0.6 is 0 Å². The zero-order valence-electron chi connectivity index (χ0n) is 17.4. The number of hydrogen-bond donors (Lipinski definition) is 3. The number of carboxylic acid groups (broad SMARTS) is 1. The Hall–Kier alpha value is -3.85. The Balaban J connectivity index is 1.47. The van der Waals surface area contributed by atoms with Crippen LogP contribution in [0.4, 0.5) is 0 Å². The number of carbonyl (C=O) groups is 1. The van der Waals surface area contributed by atoms with Crippen molar-refractivity contribution >= 4 is 16.9 Å². The summed E-state index contributed by atoms with van der Waals surface area (Å²) in [7, 11) is 0. The molecule has 5 nitrogen and oxygen atoms in total. The molecule has 1 aliphatic heterocycles. The number of benzene rings is 3. The maximum Gasteiger partial charge on any atom is 0.336 e. The lowest BCUT2D eigenvalue weighted by atomic mass is 9.93. The first-order valence-electron chi connectivity index (χ1n) is 10.5. The first-order chi connectivity index (χ1) is 15.6. The fourth-order valence-electron chi connectivity index (χ4n) is 4.11. The third-order valence-corrected chi connectivity index (χ3v) is 5.78. The van der Waals surface area contributed by atoms with E-state index in [1.165, 1.54) is 5.56 Å². The maximum absolute atomic E-state index is 11.9. The highest BCUT2D eigenvalue weighted by molar-refractivity contribution is 5.99. The molecule has 158 valence electrons. The maximum atomic E-state index is 11.9. The predicted octanol–water partition coefficient (Wildman–Crippen LogP) is 4.11. The molecule has 0 bridgehead atoms. The highest BCUT2D eigenvalue weighted by Crippen LogP contribution is 2.30. The van der Waals surface area contributed by atoms with Gasteiger partial charge in [-0.1, -0.05) is 42.2 Å². The molecular formula is C27H22N2O3. The number of fused-ring (bicyclic) bond motifs is 1. The van der Waals surface area contributed by atoms with Crippen LogP contribution in [-0.4, -0.2) is 45.3 Å². The van der Waals surface area contributed by atoms with Gasteiger partial charge in [0.2, 0.25) is 0 Å². The Morgan fingerprint density at radius 3 is 2.59 bits per heavy atom.